The maximum atomic E-state index is 5.80. The molecule has 15 heavy (non-hydrogen) atoms. The van der Waals surface area contributed by atoms with Crippen LogP contribution in [0, 0.1) is 5.92 Å². The van der Waals surface area contributed by atoms with Crippen LogP contribution in [0.15, 0.2) is 17.5 Å². The summed E-state index contributed by atoms with van der Waals surface area (Å²) in [5.74, 6) is 0.855. The second-order valence-electron chi connectivity index (χ2n) is 4.53. The van der Waals surface area contributed by atoms with E-state index in [1.807, 2.05) is 11.3 Å². The van der Waals surface area contributed by atoms with Gasteiger partial charge in [-0.05, 0) is 36.6 Å². The van der Waals surface area contributed by atoms with Gasteiger partial charge in [-0.1, -0.05) is 6.07 Å². The highest BCUT2D eigenvalue weighted by atomic mass is 32.1. The number of nitrogens with one attached hydrogen (secondary N) is 1. The Morgan fingerprint density at radius 3 is 3.07 bits per heavy atom. The summed E-state index contributed by atoms with van der Waals surface area (Å²) in [4.78, 5) is 1.43. The van der Waals surface area contributed by atoms with Gasteiger partial charge in [-0.3, -0.25) is 0 Å². The number of thiophene rings is 1. The Morgan fingerprint density at radius 1 is 1.40 bits per heavy atom. The van der Waals surface area contributed by atoms with E-state index in [-0.39, 0.29) is 0 Å². The molecular formula is C12H17NOS. The molecule has 82 valence electrons. The summed E-state index contributed by atoms with van der Waals surface area (Å²) in [6.45, 7) is 1.96. The third-order valence-electron chi connectivity index (χ3n) is 3.34. The number of hydrogen-bond acceptors (Lipinski definition) is 3. The molecule has 1 aliphatic carbocycles. The van der Waals surface area contributed by atoms with Crippen molar-refractivity contribution < 1.29 is 4.74 Å². The van der Waals surface area contributed by atoms with Gasteiger partial charge in [0.1, 0.15) is 0 Å². The highest BCUT2D eigenvalue weighted by molar-refractivity contribution is 7.09. The van der Waals surface area contributed by atoms with Crippen LogP contribution in [0.25, 0.3) is 0 Å². The van der Waals surface area contributed by atoms with Gasteiger partial charge in [0.05, 0.1) is 6.10 Å². The highest BCUT2D eigenvalue weighted by Gasteiger charge is 2.40. The first-order chi connectivity index (χ1) is 7.43. The van der Waals surface area contributed by atoms with Gasteiger partial charge >= 0.3 is 0 Å². The Kier molecular flexibility index (Phi) is 2.77. The molecule has 2 atom stereocenters. The lowest BCUT2D eigenvalue weighted by Crippen LogP contribution is -2.36. The van der Waals surface area contributed by atoms with E-state index in [9.17, 15) is 0 Å². The molecule has 2 nitrogen and oxygen atoms in total. The average molecular weight is 223 g/mol. The monoisotopic (exact) mass is 223 g/mol. The second kappa shape index (κ2) is 4.24. The Balaban J connectivity index is 1.53. The molecule has 2 aliphatic rings. The fraction of sp³-hybridized carbons (Fsp3) is 0.667. The Morgan fingerprint density at radius 2 is 2.33 bits per heavy atom. The number of hydrogen-bond donors (Lipinski definition) is 1. The van der Waals surface area contributed by atoms with Crippen molar-refractivity contribution in [2.45, 2.75) is 38.0 Å². The van der Waals surface area contributed by atoms with Crippen molar-refractivity contribution >= 4 is 11.3 Å². The van der Waals surface area contributed by atoms with Gasteiger partial charge in [0.15, 0.2) is 0 Å². The van der Waals surface area contributed by atoms with Gasteiger partial charge in [-0.15, -0.1) is 11.3 Å². The van der Waals surface area contributed by atoms with Gasteiger partial charge in [-0.25, -0.2) is 0 Å². The van der Waals surface area contributed by atoms with Crippen molar-refractivity contribution in [3.8, 4) is 0 Å². The molecule has 2 heterocycles. The van der Waals surface area contributed by atoms with E-state index in [4.69, 9.17) is 4.74 Å². The molecule has 0 radical (unpaired) electrons. The fourth-order valence-electron chi connectivity index (χ4n) is 2.36. The summed E-state index contributed by atoms with van der Waals surface area (Å²) in [7, 11) is 0. The number of rotatable bonds is 4. The molecule has 0 spiro atoms. The first-order valence-electron chi connectivity index (χ1n) is 5.81. The minimum Gasteiger partial charge on any atom is -0.376 e. The predicted molar refractivity (Wildman–Crippen MR) is 62.0 cm³/mol. The Labute approximate surface area is 94.6 Å². The highest BCUT2D eigenvalue weighted by Crippen LogP contribution is 2.38. The molecule has 0 amide bonds. The molecule has 0 bridgehead atoms. The summed E-state index contributed by atoms with van der Waals surface area (Å²) < 4.78 is 5.80. The molecule has 2 fully saturated rings. The fourth-order valence-corrected chi connectivity index (χ4v) is 3.02. The predicted octanol–water partition coefficient (Wildman–Crippen LogP) is 2.41. The minimum absolute atomic E-state index is 0.505. The van der Waals surface area contributed by atoms with Crippen LogP contribution in [0.5, 0.6) is 0 Å². The first kappa shape index (κ1) is 9.82. The standard InChI is InChI=1S/C12H17NOS/c1-2-10(15-7-1)8-13-11-5-6-14-12(11)9-3-4-9/h1-2,7,9,11-13H,3-6,8H2. The smallest absolute Gasteiger partial charge is 0.0757 e. The zero-order valence-electron chi connectivity index (χ0n) is 8.82. The van der Waals surface area contributed by atoms with Crippen LogP contribution in [-0.4, -0.2) is 18.8 Å². The molecule has 1 saturated heterocycles. The summed E-state index contributed by atoms with van der Waals surface area (Å²) in [6, 6.07) is 4.91. The van der Waals surface area contributed by atoms with E-state index < -0.39 is 0 Å². The lowest BCUT2D eigenvalue weighted by Gasteiger charge is -2.18. The zero-order chi connectivity index (χ0) is 10.1. The third-order valence-corrected chi connectivity index (χ3v) is 4.22. The molecule has 1 saturated carbocycles. The lowest BCUT2D eigenvalue weighted by molar-refractivity contribution is 0.0809. The van der Waals surface area contributed by atoms with E-state index in [0.29, 0.717) is 12.1 Å². The SMILES string of the molecule is c1csc(CNC2CCOC2C2CC2)c1. The first-order valence-corrected chi connectivity index (χ1v) is 6.69. The largest absolute Gasteiger partial charge is 0.376 e. The molecule has 1 aromatic heterocycles. The molecule has 1 N–H and O–H groups in total. The molecule has 1 aromatic rings. The second-order valence-corrected chi connectivity index (χ2v) is 5.56. The lowest BCUT2D eigenvalue weighted by atomic mass is 10.1. The van der Waals surface area contributed by atoms with Crippen LogP contribution >= 0.6 is 11.3 Å². The summed E-state index contributed by atoms with van der Waals surface area (Å²) in [6.07, 6.45) is 4.45. The van der Waals surface area contributed by atoms with Crippen molar-refractivity contribution in [1.82, 2.24) is 5.32 Å². The molecular weight excluding hydrogens is 206 g/mol. The minimum atomic E-state index is 0.505. The van der Waals surface area contributed by atoms with Crippen LogP contribution in [0.4, 0.5) is 0 Å². The van der Waals surface area contributed by atoms with Gasteiger partial charge < -0.3 is 10.1 Å². The summed E-state index contributed by atoms with van der Waals surface area (Å²) >= 11 is 1.83. The van der Waals surface area contributed by atoms with E-state index in [0.717, 1.165) is 19.1 Å². The van der Waals surface area contributed by atoms with Gasteiger partial charge in [0.25, 0.3) is 0 Å². The van der Waals surface area contributed by atoms with E-state index in [1.54, 1.807) is 0 Å². The van der Waals surface area contributed by atoms with Crippen molar-refractivity contribution in [2.24, 2.45) is 5.92 Å². The van der Waals surface area contributed by atoms with Crippen LogP contribution < -0.4 is 5.32 Å². The van der Waals surface area contributed by atoms with Crippen LogP contribution in [-0.2, 0) is 11.3 Å². The van der Waals surface area contributed by atoms with Crippen LogP contribution in [0.3, 0.4) is 0 Å². The maximum Gasteiger partial charge on any atom is 0.0757 e. The van der Waals surface area contributed by atoms with Crippen LogP contribution in [0.2, 0.25) is 0 Å². The van der Waals surface area contributed by atoms with Crippen molar-refractivity contribution in [2.75, 3.05) is 6.61 Å². The van der Waals surface area contributed by atoms with E-state index in [2.05, 4.69) is 22.8 Å². The number of ether oxygens (including phenoxy) is 1. The van der Waals surface area contributed by atoms with Crippen molar-refractivity contribution in [1.29, 1.82) is 0 Å². The third kappa shape index (κ3) is 2.25. The quantitative estimate of drug-likeness (QED) is 0.846. The van der Waals surface area contributed by atoms with Crippen molar-refractivity contribution in [3.63, 3.8) is 0 Å². The molecule has 1 aliphatic heterocycles. The van der Waals surface area contributed by atoms with E-state index >= 15 is 0 Å². The summed E-state index contributed by atoms with van der Waals surface area (Å²) in [5, 5.41) is 5.78. The zero-order valence-corrected chi connectivity index (χ0v) is 9.63. The van der Waals surface area contributed by atoms with Gasteiger partial charge in [0, 0.05) is 24.1 Å². The average Bonchev–Trinajstić information content (AvgIpc) is 2.81. The molecule has 2 unspecified atom stereocenters. The molecule has 3 heteroatoms. The topological polar surface area (TPSA) is 21.3 Å². The van der Waals surface area contributed by atoms with Gasteiger partial charge in [-0.2, -0.15) is 0 Å². The Bertz CT molecular complexity index is 307. The van der Waals surface area contributed by atoms with Gasteiger partial charge in [0.2, 0.25) is 0 Å². The Hall–Kier alpha value is -0.380. The normalized spacial score (nSPS) is 30.9. The molecule has 3 rings (SSSR count). The van der Waals surface area contributed by atoms with Crippen molar-refractivity contribution in [3.05, 3.63) is 22.4 Å². The summed E-state index contributed by atoms with van der Waals surface area (Å²) in [5.41, 5.74) is 0. The maximum absolute atomic E-state index is 5.80. The van der Waals surface area contributed by atoms with E-state index in [1.165, 1.54) is 24.1 Å². The molecule has 0 aromatic carbocycles. The van der Waals surface area contributed by atoms with Crippen LogP contribution in [0.1, 0.15) is 24.1 Å².